The molecule has 0 aliphatic heterocycles. The van der Waals surface area contributed by atoms with E-state index < -0.39 is 17.5 Å². The van der Waals surface area contributed by atoms with Crippen molar-refractivity contribution in [2.24, 2.45) is 0 Å². The number of nitrogens with zero attached hydrogens (tertiary/aromatic N) is 3. The monoisotopic (exact) mass is 398 g/mol. The third kappa shape index (κ3) is 3.94. The molecule has 28 heavy (non-hydrogen) atoms. The first kappa shape index (κ1) is 17.9. The molecule has 0 saturated carbocycles. The van der Waals surface area contributed by atoms with Gasteiger partial charge in [-0.3, -0.25) is 15.1 Å². The van der Waals surface area contributed by atoms with Crippen LogP contribution in [0.3, 0.4) is 0 Å². The zero-order valence-electron chi connectivity index (χ0n) is 14.2. The van der Waals surface area contributed by atoms with Gasteiger partial charge < -0.3 is 4.52 Å². The zero-order chi connectivity index (χ0) is 19.5. The lowest BCUT2D eigenvalue weighted by Crippen LogP contribution is -2.11. The molecule has 0 radical (unpaired) electrons. The van der Waals surface area contributed by atoms with E-state index in [4.69, 9.17) is 4.52 Å². The SMILES string of the molecule is O=C(Nc1ncc(Cc2ccc(F)c(F)c2)s1)c1cc(-c2cccnc2)on1. The number of aromatic nitrogens is 3. The Balaban J connectivity index is 1.43. The molecule has 1 N–H and O–H groups in total. The molecule has 1 aromatic carbocycles. The van der Waals surface area contributed by atoms with Gasteiger partial charge in [-0.1, -0.05) is 11.2 Å². The third-order valence-corrected chi connectivity index (χ3v) is 4.74. The molecule has 140 valence electrons. The molecular formula is C19H12F2N4O2S. The predicted octanol–water partition coefficient (Wildman–Crippen LogP) is 4.31. The van der Waals surface area contributed by atoms with Crippen LogP contribution in [0.25, 0.3) is 11.3 Å². The molecule has 3 heterocycles. The number of carbonyl (C=O) groups excluding carboxylic acids is 1. The Hall–Kier alpha value is -3.46. The Bertz CT molecular complexity index is 1130. The van der Waals surface area contributed by atoms with Crippen LogP contribution in [-0.4, -0.2) is 21.0 Å². The Morgan fingerprint density at radius 3 is 2.82 bits per heavy atom. The normalized spacial score (nSPS) is 10.8. The summed E-state index contributed by atoms with van der Waals surface area (Å²) in [5, 5.41) is 6.78. The lowest BCUT2D eigenvalue weighted by atomic mass is 10.1. The predicted molar refractivity (Wildman–Crippen MR) is 99.0 cm³/mol. The van der Waals surface area contributed by atoms with Crippen LogP contribution in [0.1, 0.15) is 20.9 Å². The maximum absolute atomic E-state index is 13.3. The van der Waals surface area contributed by atoms with Crippen LogP contribution < -0.4 is 5.32 Å². The molecule has 0 fully saturated rings. The quantitative estimate of drug-likeness (QED) is 0.542. The summed E-state index contributed by atoms with van der Waals surface area (Å²) < 4.78 is 31.5. The van der Waals surface area contributed by atoms with Crippen molar-refractivity contribution in [2.75, 3.05) is 5.32 Å². The summed E-state index contributed by atoms with van der Waals surface area (Å²) in [5.41, 5.74) is 1.42. The number of thiazole rings is 1. The largest absolute Gasteiger partial charge is 0.355 e. The van der Waals surface area contributed by atoms with Crippen LogP contribution >= 0.6 is 11.3 Å². The standard InChI is InChI=1S/C19H12F2N4O2S/c20-14-4-3-11(7-15(14)21)6-13-10-23-19(28-13)24-18(26)16-8-17(27-25-16)12-2-1-5-22-9-12/h1-5,7-10H,6H2,(H,23,24,26). The Morgan fingerprint density at radius 1 is 1.14 bits per heavy atom. The van der Waals surface area contributed by atoms with Crippen LogP contribution in [0.2, 0.25) is 0 Å². The van der Waals surface area contributed by atoms with Crippen LogP contribution in [0, 0.1) is 11.6 Å². The first-order chi connectivity index (χ1) is 13.6. The summed E-state index contributed by atoms with van der Waals surface area (Å²) in [6, 6.07) is 8.79. The Morgan fingerprint density at radius 2 is 2.04 bits per heavy atom. The van der Waals surface area contributed by atoms with E-state index in [0.717, 1.165) is 17.0 Å². The van der Waals surface area contributed by atoms with Crippen molar-refractivity contribution in [3.63, 3.8) is 0 Å². The highest BCUT2D eigenvalue weighted by atomic mass is 32.1. The number of hydrogen-bond acceptors (Lipinski definition) is 6. The first-order valence-corrected chi connectivity index (χ1v) is 8.97. The van der Waals surface area contributed by atoms with Crippen molar-refractivity contribution in [2.45, 2.75) is 6.42 Å². The summed E-state index contributed by atoms with van der Waals surface area (Å²) in [5.74, 6) is -1.82. The van der Waals surface area contributed by atoms with Gasteiger partial charge in [0.05, 0.1) is 0 Å². The van der Waals surface area contributed by atoms with E-state index in [1.54, 1.807) is 30.7 Å². The van der Waals surface area contributed by atoms with Crippen LogP contribution in [0.15, 0.2) is 59.5 Å². The number of rotatable bonds is 5. The molecule has 1 amide bonds. The molecule has 0 spiro atoms. The second-order valence-corrected chi connectivity index (χ2v) is 6.94. The highest BCUT2D eigenvalue weighted by Gasteiger charge is 2.16. The summed E-state index contributed by atoms with van der Waals surface area (Å²) in [6.07, 6.45) is 5.19. The smallest absolute Gasteiger partial charge is 0.279 e. The van der Waals surface area contributed by atoms with E-state index in [1.165, 1.54) is 23.5 Å². The number of carbonyl (C=O) groups is 1. The molecule has 0 aliphatic carbocycles. The summed E-state index contributed by atoms with van der Waals surface area (Å²) in [7, 11) is 0. The van der Waals surface area contributed by atoms with E-state index in [-0.39, 0.29) is 5.69 Å². The van der Waals surface area contributed by atoms with Gasteiger partial charge in [-0.25, -0.2) is 13.8 Å². The minimum Gasteiger partial charge on any atom is -0.355 e. The van der Waals surface area contributed by atoms with E-state index >= 15 is 0 Å². The van der Waals surface area contributed by atoms with Crippen molar-refractivity contribution in [3.8, 4) is 11.3 Å². The molecule has 0 saturated heterocycles. The van der Waals surface area contributed by atoms with Crippen LogP contribution in [0.5, 0.6) is 0 Å². The number of pyridine rings is 1. The summed E-state index contributed by atoms with van der Waals surface area (Å²) in [6.45, 7) is 0. The molecule has 9 heteroatoms. The molecule has 4 rings (SSSR count). The summed E-state index contributed by atoms with van der Waals surface area (Å²) >= 11 is 1.24. The van der Waals surface area contributed by atoms with Gasteiger partial charge in [0.2, 0.25) is 0 Å². The van der Waals surface area contributed by atoms with Crippen molar-refractivity contribution in [3.05, 3.63) is 82.8 Å². The maximum Gasteiger partial charge on any atom is 0.279 e. The average Bonchev–Trinajstić information content (AvgIpc) is 3.35. The minimum absolute atomic E-state index is 0.108. The average molecular weight is 398 g/mol. The van der Waals surface area contributed by atoms with Gasteiger partial charge in [-0.15, -0.1) is 11.3 Å². The fourth-order valence-electron chi connectivity index (χ4n) is 2.49. The van der Waals surface area contributed by atoms with Crippen molar-refractivity contribution >= 4 is 22.4 Å². The summed E-state index contributed by atoms with van der Waals surface area (Å²) in [4.78, 5) is 21.2. The number of halogens is 2. The Labute approximate surface area is 161 Å². The van der Waals surface area contributed by atoms with Crippen molar-refractivity contribution in [1.82, 2.24) is 15.1 Å². The molecular weight excluding hydrogens is 386 g/mol. The molecule has 0 unspecified atom stereocenters. The number of nitrogens with one attached hydrogen (secondary N) is 1. The van der Waals surface area contributed by atoms with E-state index in [9.17, 15) is 13.6 Å². The first-order valence-electron chi connectivity index (χ1n) is 8.15. The van der Waals surface area contributed by atoms with Gasteiger partial charge in [-0.2, -0.15) is 0 Å². The fourth-order valence-corrected chi connectivity index (χ4v) is 3.33. The number of amides is 1. The lowest BCUT2D eigenvalue weighted by Gasteiger charge is -1.99. The van der Waals surface area contributed by atoms with Crippen LogP contribution in [-0.2, 0) is 6.42 Å². The van der Waals surface area contributed by atoms with Crippen LogP contribution in [0.4, 0.5) is 13.9 Å². The molecule has 4 aromatic rings. The maximum atomic E-state index is 13.3. The number of benzene rings is 1. The second-order valence-electron chi connectivity index (χ2n) is 5.83. The fraction of sp³-hybridized carbons (Fsp3) is 0.0526. The molecule has 0 aliphatic rings. The molecule has 3 aromatic heterocycles. The van der Waals surface area contributed by atoms with Gasteiger partial charge in [0.25, 0.3) is 5.91 Å². The topological polar surface area (TPSA) is 80.9 Å². The number of hydrogen-bond donors (Lipinski definition) is 1. The van der Waals surface area contributed by atoms with Crippen molar-refractivity contribution < 1.29 is 18.1 Å². The van der Waals surface area contributed by atoms with E-state index in [0.29, 0.717) is 28.4 Å². The molecule has 0 bridgehead atoms. The van der Waals surface area contributed by atoms with Gasteiger partial charge in [0.15, 0.2) is 28.2 Å². The molecule has 0 atom stereocenters. The van der Waals surface area contributed by atoms with E-state index in [1.807, 2.05) is 0 Å². The second kappa shape index (κ2) is 7.65. The minimum atomic E-state index is -0.897. The zero-order valence-corrected chi connectivity index (χ0v) is 15.0. The van der Waals surface area contributed by atoms with Gasteiger partial charge >= 0.3 is 0 Å². The highest BCUT2D eigenvalue weighted by Crippen LogP contribution is 2.23. The van der Waals surface area contributed by atoms with Gasteiger partial charge in [-0.05, 0) is 29.8 Å². The lowest BCUT2D eigenvalue weighted by molar-refractivity contribution is 0.101. The van der Waals surface area contributed by atoms with Gasteiger partial charge in [0, 0.05) is 41.5 Å². The van der Waals surface area contributed by atoms with Gasteiger partial charge in [0.1, 0.15) is 0 Å². The molecule has 6 nitrogen and oxygen atoms in total. The Kier molecular flexibility index (Phi) is 4.90. The highest BCUT2D eigenvalue weighted by molar-refractivity contribution is 7.15. The van der Waals surface area contributed by atoms with E-state index in [2.05, 4.69) is 20.4 Å². The third-order valence-electron chi connectivity index (χ3n) is 3.83. The number of anilines is 1. The van der Waals surface area contributed by atoms with Crippen molar-refractivity contribution in [1.29, 1.82) is 0 Å².